The second-order valence-electron chi connectivity index (χ2n) is 4.57. The van der Waals surface area contributed by atoms with Crippen LogP contribution in [0.25, 0.3) is 0 Å². The number of nitrogens with zero attached hydrogens (tertiary/aromatic N) is 1. The van der Waals surface area contributed by atoms with E-state index in [9.17, 15) is 4.79 Å². The molecule has 0 spiro atoms. The Morgan fingerprint density at radius 2 is 2.33 bits per heavy atom. The molecule has 0 aromatic carbocycles. The summed E-state index contributed by atoms with van der Waals surface area (Å²) in [5.74, 6) is 0.472. The van der Waals surface area contributed by atoms with E-state index in [2.05, 4.69) is 25.8 Å². The van der Waals surface area contributed by atoms with Crippen LogP contribution in [-0.4, -0.2) is 43.5 Å². The number of Topliss-reactive ketones (excluding diaryl/α,β-unsaturated/α-hetero) is 1. The zero-order valence-electron chi connectivity index (χ0n) is 10.2. The molecule has 1 saturated heterocycles. The Morgan fingerprint density at radius 3 is 2.93 bits per heavy atom. The van der Waals surface area contributed by atoms with Crippen LogP contribution in [0.3, 0.4) is 0 Å². The average Bonchev–Trinajstić information content (AvgIpc) is 2.21. The maximum Gasteiger partial charge on any atom is 0.141 e. The third-order valence-electron chi connectivity index (χ3n) is 3.23. The Morgan fingerprint density at radius 1 is 1.60 bits per heavy atom. The summed E-state index contributed by atoms with van der Waals surface area (Å²) in [6, 6.07) is 0.560. The highest BCUT2D eigenvalue weighted by Gasteiger charge is 2.25. The fourth-order valence-electron chi connectivity index (χ4n) is 2.02. The summed E-state index contributed by atoms with van der Waals surface area (Å²) in [7, 11) is 2.10. The van der Waals surface area contributed by atoms with Crippen LogP contribution in [0.2, 0.25) is 0 Å². The maximum absolute atomic E-state index is 11.6. The van der Waals surface area contributed by atoms with Gasteiger partial charge in [0.25, 0.3) is 0 Å². The lowest BCUT2D eigenvalue weighted by Gasteiger charge is -2.30. The molecule has 0 saturated carbocycles. The molecule has 1 aliphatic heterocycles. The van der Waals surface area contributed by atoms with Crippen molar-refractivity contribution in [3.05, 3.63) is 0 Å². The molecule has 0 aromatic rings. The van der Waals surface area contributed by atoms with E-state index in [1.807, 2.05) is 0 Å². The van der Waals surface area contributed by atoms with E-state index < -0.39 is 0 Å². The van der Waals surface area contributed by atoms with Gasteiger partial charge in [-0.3, -0.25) is 4.79 Å². The fraction of sp³-hybridized carbons (Fsp3) is 0.917. The van der Waals surface area contributed by atoms with Gasteiger partial charge in [0, 0.05) is 19.0 Å². The minimum absolute atomic E-state index is 0.100. The Balaban J connectivity index is 2.35. The lowest BCUT2D eigenvalue weighted by Crippen LogP contribution is -2.40. The molecule has 1 aliphatic rings. The molecular weight excluding hydrogens is 190 g/mol. The van der Waals surface area contributed by atoms with E-state index in [4.69, 9.17) is 4.74 Å². The monoisotopic (exact) mass is 213 g/mol. The summed E-state index contributed by atoms with van der Waals surface area (Å²) >= 11 is 0. The molecule has 2 atom stereocenters. The van der Waals surface area contributed by atoms with Crippen molar-refractivity contribution in [1.29, 1.82) is 0 Å². The Labute approximate surface area is 92.8 Å². The van der Waals surface area contributed by atoms with Crippen molar-refractivity contribution in [2.24, 2.45) is 5.92 Å². The molecule has 0 aliphatic carbocycles. The summed E-state index contributed by atoms with van der Waals surface area (Å²) < 4.78 is 5.35. The topological polar surface area (TPSA) is 29.5 Å². The van der Waals surface area contributed by atoms with Crippen molar-refractivity contribution in [2.45, 2.75) is 39.2 Å². The Hall–Kier alpha value is -0.410. The van der Waals surface area contributed by atoms with Crippen LogP contribution in [0, 0.1) is 5.92 Å². The molecule has 15 heavy (non-hydrogen) atoms. The standard InChI is InChI=1S/C12H23NO2/c1-4-5-10(2)13(3)8-11-9-15-7-6-12(11)14/h10-11H,4-9H2,1-3H3. The van der Waals surface area contributed by atoms with E-state index in [0.29, 0.717) is 31.5 Å². The van der Waals surface area contributed by atoms with Crippen molar-refractivity contribution >= 4 is 5.78 Å². The third kappa shape index (κ3) is 3.92. The highest BCUT2D eigenvalue weighted by atomic mass is 16.5. The second kappa shape index (κ2) is 6.23. The van der Waals surface area contributed by atoms with Crippen LogP contribution >= 0.6 is 0 Å². The van der Waals surface area contributed by atoms with Gasteiger partial charge in [-0.25, -0.2) is 0 Å². The van der Waals surface area contributed by atoms with E-state index in [1.165, 1.54) is 12.8 Å². The van der Waals surface area contributed by atoms with Crippen LogP contribution in [0.5, 0.6) is 0 Å². The van der Waals surface area contributed by atoms with Crippen molar-refractivity contribution < 1.29 is 9.53 Å². The van der Waals surface area contributed by atoms with Gasteiger partial charge >= 0.3 is 0 Å². The molecule has 2 unspecified atom stereocenters. The quantitative estimate of drug-likeness (QED) is 0.696. The van der Waals surface area contributed by atoms with Gasteiger partial charge in [-0.2, -0.15) is 0 Å². The first-order valence-electron chi connectivity index (χ1n) is 5.95. The van der Waals surface area contributed by atoms with Crippen LogP contribution in [0.1, 0.15) is 33.1 Å². The predicted molar refractivity (Wildman–Crippen MR) is 60.9 cm³/mol. The second-order valence-corrected chi connectivity index (χ2v) is 4.57. The van der Waals surface area contributed by atoms with Crippen molar-refractivity contribution in [3.63, 3.8) is 0 Å². The van der Waals surface area contributed by atoms with Gasteiger partial charge in [0.15, 0.2) is 0 Å². The SMILES string of the molecule is CCCC(C)N(C)CC1COCCC1=O. The summed E-state index contributed by atoms with van der Waals surface area (Å²) in [6.45, 7) is 6.49. The van der Waals surface area contributed by atoms with Crippen LogP contribution in [-0.2, 0) is 9.53 Å². The fourth-order valence-corrected chi connectivity index (χ4v) is 2.02. The Bertz CT molecular complexity index is 206. The molecule has 1 heterocycles. The number of hydrogen-bond acceptors (Lipinski definition) is 3. The molecule has 0 bridgehead atoms. The molecule has 3 heteroatoms. The highest BCUT2D eigenvalue weighted by Crippen LogP contribution is 2.13. The van der Waals surface area contributed by atoms with Gasteiger partial charge < -0.3 is 9.64 Å². The number of ketones is 1. The van der Waals surface area contributed by atoms with Crippen molar-refractivity contribution in [1.82, 2.24) is 4.90 Å². The van der Waals surface area contributed by atoms with E-state index in [1.54, 1.807) is 0 Å². The largest absolute Gasteiger partial charge is 0.380 e. The lowest BCUT2D eigenvalue weighted by molar-refractivity contribution is -0.131. The zero-order chi connectivity index (χ0) is 11.3. The van der Waals surface area contributed by atoms with Gasteiger partial charge in [0.2, 0.25) is 0 Å². The minimum atomic E-state index is 0.100. The smallest absolute Gasteiger partial charge is 0.141 e. The lowest BCUT2D eigenvalue weighted by atomic mass is 9.99. The molecule has 0 N–H and O–H groups in total. The third-order valence-corrected chi connectivity index (χ3v) is 3.23. The first kappa shape index (κ1) is 12.7. The molecular formula is C12H23NO2. The molecule has 1 rings (SSSR count). The Kier molecular flexibility index (Phi) is 5.26. The average molecular weight is 213 g/mol. The number of rotatable bonds is 5. The maximum atomic E-state index is 11.6. The number of carbonyl (C=O) groups is 1. The van der Waals surface area contributed by atoms with Gasteiger partial charge in [-0.15, -0.1) is 0 Å². The molecule has 1 fully saturated rings. The van der Waals surface area contributed by atoms with E-state index in [-0.39, 0.29) is 5.92 Å². The van der Waals surface area contributed by atoms with Gasteiger partial charge in [0.1, 0.15) is 5.78 Å². The molecule has 88 valence electrons. The summed E-state index contributed by atoms with van der Waals surface area (Å²) in [6.07, 6.45) is 2.99. The summed E-state index contributed by atoms with van der Waals surface area (Å²) in [5.41, 5.74) is 0. The molecule has 0 amide bonds. The molecule has 0 aromatic heterocycles. The van der Waals surface area contributed by atoms with Crippen molar-refractivity contribution in [2.75, 3.05) is 26.8 Å². The van der Waals surface area contributed by atoms with Gasteiger partial charge in [0.05, 0.1) is 19.1 Å². The van der Waals surface area contributed by atoms with Crippen molar-refractivity contribution in [3.8, 4) is 0 Å². The normalized spacial score (nSPS) is 24.5. The van der Waals surface area contributed by atoms with Crippen LogP contribution in [0.4, 0.5) is 0 Å². The first-order valence-corrected chi connectivity index (χ1v) is 5.95. The van der Waals surface area contributed by atoms with E-state index in [0.717, 1.165) is 6.54 Å². The number of carbonyl (C=O) groups excluding carboxylic acids is 1. The van der Waals surface area contributed by atoms with Gasteiger partial charge in [-0.05, 0) is 20.4 Å². The van der Waals surface area contributed by atoms with E-state index >= 15 is 0 Å². The molecule has 3 nitrogen and oxygen atoms in total. The minimum Gasteiger partial charge on any atom is -0.380 e. The molecule has 0 radical (unpaired) electrons. The number of ether oxygens (including phenoxy) is 1. The first-order chi connectivity index (χ1) is 7.15. The van der Waals surface area contributed by atoms with Gasteiger partial charge in [-0.1, -0.05) is 13.3 Å². The van der Waals surface area contributed by atoms with Crippen LogP contribution < -0.4 is 0 Å². The summed E-state index contributed by atoms with van der Waals surface area (Å²) in [4.78, 5) is 13.9. The van der Waals surface area contributed by atoms with Crippen LogP contribution in [0.15, 0.2) is 0 Å². The number of hydrogen-bond donors (Lipinski definition) is 0. The predicted octanol–water partition coefficient (Wildman–Crippen LogP) is 1.71. The zero-order valence-corrected chi connectivity index (χ0v) is 10.2. The highest BCUT2D eigenvalue weighted by molar-refractivity contribution is 5.82. The summed E-state index contributed by atoms with van der Waals surface area (Å²) in [5, 5.41) is 0.